The van der Waals surface area contributed by atoms with E-state index in [9.17, 15) is 0 Å². The maximum atomic E-state index is 4.14. The molecule has 0 bridgehead atoms. The van der Waals surface area contributed by atoms with Crippen LogP contribution in [0.1, 0.15) is 16.7 Å². The smallest absolute Gasteiger partial charge is 0.214 e. The lowest BCUT2D eigenvalue weighted by Gasteiger charge is -2.10. The van der Waals surface area contributed by atoms with Crippen LogP contribution < -0.4 is 0 Å². The molecule has 0 saturated carbocycles. The molecule has 5 nitrogen and oxygen atoms in total. The molecule has 0 aliphatic heterocycles. The highest BCUT2D eigenvalue weighted by molar-refractivity contribution is 7.98. The molecule has 1 aromatic carbocycles. The number of rotatable bonds is 4. The van der Waals surface area contributed by atoms with Crippen LogP contribution in [-0.2, 0) is 5.75 Å². The zero-order chi connectivity index (χ0) is 14.7. The average molecular weight is 297 g/mol. The van der Waals surface area contributed by atoms with Crippen molar-refractivity contribution in [3.8, 4) is 5.69 Å². The second kappa shape index (κ2) is 6.05. The molecule has 3 aromatic rings. The molecule has 21 heavy (non-hydrogen) atoms. The minimum atomic E-state index is 0.788. The van der Waals surface area contributed by atoms with E-state index in [4.69, 9.17) is 0 Å². The van der Waals surface area contributed by atoms with E-state index in [1.165, 1.54) is 0 Å². The molecule has 0 radical (unpaired) electrons. The van der Waals surface area contributed by atoms with Gasteiger partial charge in [0.15, 0.2) is 0 Å². The number of hydrogen-bond donors (Lipinski definition) is 0. The Morgan fingerprint density at radius 1 is 1.10 bits per heavy atom. The molecule has 0 aliphatic rings. The zero-order valence-corrected chi connectivity index (χ0v) is 12.7. The Morgan fingerprint density at radius 2 is 1.90 bits per heavy atom. The first-order chi connectivity index (χ1) is 10.3. The Hall–Kier alpha value is -2.21. The number of para-hydroxylation sites is 1. The predicted molar refractivity (Wildman–Crippen MR) is 82.4 cm³/mol. The van der Waals surface area contributed by atoms with E-state index >= 15 is 0 Å². The van der Waals surface area contributed by atoms with Crippen molar-refractivity contribution in [2.75, 3.05) is 0 Å². The maximum absolute atomic E-state index is 4.14. The first kappa shape index (κ1) is 13.8. The molecule has 0 spiro atoms. The molecule has 3 rings (SSSR count). The van der Waals surface area contributed by atoms with Crippen LogP contribution in [0.15, 0.2) is 47.9 Å². The van der Waals surface area contributed by atoms with Gasteiger partial charge in [-0.2, -0.15) is 4.68 Å². The van der Waals surface area contributed by atoms with Gasteiger partial charge in [-0.3, -0.25) is 4.98 Å². The van der Waals surface area contributed by atoms with E-state index in [2.05, 4.69) is 46.5 Å². The molecular formula is C15H15N5S. The van der Waals surface area contributed by atoms with E-state index in [0.717, 1.165) is 33.3 Å². The summed E-state index contributed by atoms with van der Waals surface area (Å²) in [7, 11) is 0. The van der Waals surface area contributed by atoms with E-state index in [1.54, 1.807) is 18.0 Å². The quantitative estimate of drug-likeness (QED) is 0.693. The van der Waals surface area contributed by atoms with Crippen LogP contribution in [0.2, 0.25) is 0 Å². The highest BCUT2D eigenvalue weighted by Gasteiger charge is 2.13. The molecule has 2 aromatic heterocycles. The fraction of sp³-hybridized carbons (Fsp3) is 0.200. The van der Waals surface area contributed by atoms with Gasteiger partial charge in [-0.15, -0.1) is 5.10 Å². The average Bonchev–Trinajstić information content (AvgIpc) is 2.94. The minimum Gasteiger partial charge on any atom is -0.264 e. The highest BCUT2D eigenvalue weighted by Crippen LogP contribution is 2.25. The number of thioether (sulfide) groups is 1. The Labute approximate surface area is 127 Å². The van der Waals surface area contributed by atoms with Gasteiger partial charge in [0.05, 0.1) is 5.69 Å². The number of benzene rings is 1. The molecule has 0 aliphatic carbocycles. The van der Waals surface area contributed by atoms with Crippen molar-refractivity contribution in [3.63, 3.8) is 0 Å². The second-order valence-electron chi connectivity index (χ2n) is 4.76. The fourth-order valence-electron chi connectivity index (χ4n) is 2.18. The van der Waals surface area contributed by atoms with E-state index in [-0.39, 0.29) is 0 Å². The molecule has 0 fully saturated rings. The summed E-state index contributed by atoms with van der Waals surface area (Å²) in [5.74, 6) is 0.791. The number of aryl methyl sites for hydroxylation is 2. The third-order valence-corrected chi connectivity index (χ3v) is 4.17. The van der Waals surface area contributed by atoms with Crippen LogP contribution in [0, 0.1) is 13.8 Å². The summed E-state index contributed by atoms with van der Waals surface area (Å²) < 4.78 is 1.81. The Balaban J connectivity index is 1.88. The largest absolute Gasteiger partial charge is 0.264 e. The third kappa shape index (κ3) is 2.95. The molecule has 0 atom stereocenters. The summed E-state index contributed by atoms with van der Waals surface area (Å²) in [6.07, 6.45) is 3.63. The summed E-state index contributed by atoms with van der Waals surface area (Å²) in [5.41, 5.74) is 4.52. The maximum Gasteiger partial charge on any atom is 0.214 e. The molecule has 0 N–H and O–H groups in total. The number of hydrogen-bond acceptors (Lipinski definition) is 5. The topological polar surface area (TPSA) is 56.5 Å². The molecular weight excluding hydrogens is 282 g/mol. The van der Waals surface area contributed by atoms with E-state index in [1.807, 2.05) is 29.1 Å². The first-order valence-corrected chi connectivity index (χ1v) is 7.61. The van der Waals surface area contributed by atoms with Gasteiger partial charge in [-0.05, 0) is 47.0 Å². The molecule has 0 amide bonds. The standard InChI is InChI=1S/C15H15N5S/c1-11-5-3-6-12(2)14(11)20-15(17-18-19-20)21-10-13-7-4-8-16-9-13/h3-9H,10H2,1-2H3. The molecule has 6 heteroatoms. The lowest BCUT2D eigenvalue weighted by molar-refractivity contribution is 0.747. The van der Waals surface area contributed by atoms with Gasteiger partial charge < -0.3 is 0 Å². The predicted octanol–water partition coefficient (Wildman–Crippen LogP) is 2.97. The molecule has 0 unspecified atom stereocenters. The van der Waals surface area contributed by atoms with Crippen molar-refractivity contribution in [1.82, 2.24) is 25.2 Å². The lowest BCUT2D eigenvalue weighted by Crippen LogP contribution is -2.04. The number of tetrazole rings is 1. The van der Waals surface area contributed by atoms with Gasteiger partial charge in [0.1, 0.15) is 0 Å². The normalized spacial score (nSPS) is 10.8. The van der Waals surface area contributed by atoms with Crippen molar-refractivity contribution >= 4 is 11.8 Å². The number of aromatic nitrogens is 5. The van der Waals surface area contributed by atoms with Gasteiger partial charge in [0, 0.05) is 18.1 Å². The number of nitrogens with zero attached hydrogens (tertiary/aromatic N) is 5. The minimum absolute atomic E-state index is 0.788. The van der Waals surface area contributed by atoms with Gasteiger partial charge in [-0.1, -0.05) is 36.0 Å². The summed E-state index contributed by atoms with van der Waals surface area (Å²) in [6, 6.07) is 10.2. The van der Waals surface area contributed by atoms with Gasteiger partial charge in [-0.25, -0.2) is 0 Å². The van der Waals surface area contributed by atoms with E-state index < -0.39 is 0 Å². The van der Waals surface area contributed by atoms with Crippen molar-refractivity contribution < 1.29 is 0 Å². The first-order valence-electron chi connectivity index (χ1n) is 6.62. The third-order valence-electron chi connectivity index (χ3n) is 3.18. The molecule has 2 heterocycles. The Bertz CT molecular complexity index is 719. The monoisotopic (exact) mass is 297 g/mol. The van der Waals surface area contributed by atoms with Gasteiger partial charge in [0.25, 0.3) is 0 Å². The summed E-state index contributed by atoms with van der Waals surface area (Å²) in [5, 5.41) is 12.9. The summed E-state index contributed by atoms with van der Waals surface area (Å²) in [6.45, 7) is 4.14. The highest BCUT2D eigenvalue weighted by atomic mass is 32.2. The Morgan fingerprint density at radius 3 is 2.62 bits per heavy atom. The molecule has 106 valence electrons. The fourth-order valence-corrected chi connectivity index (χ4v) is 2.99. The zero-order valence-electron chi connectivity index (χ0n) is 11.9. The van der Waals surface area contributed by atoms with Crippen molar-refractivity contribution in [2.45, 2.75) is 24.8 Å². The van der Waals surface area contributed by atoms with Crippen LogP contribution in [0.4, 0.5) is 0 Å². The van der Waals surface area contributed by atoms with E-state index in [0.29, 0.717) is 0 Å². The summed E-state index contributed by atoms with van der Waals surface area (Å²) >= 11 is 1.61. The van der Waals surface area contributed by atoms with Crippen LogP contribution in [0.25, 0.3) is 5.69 Å². The second-order valence-corrected chi connectivity index (χ2v) is 5.71. The van der Waals surface area contributed by atoms with Crippen LogP contribution >= 0.6 is 11.8 Å². The van der Waals surface area contributed by atoms with Crippen molar-refractivity contribution in [3.05, 3.63) is 59.4 Å². The summed E-state index contributed by atoms with van der Waals surface area (Å²) in [4.78, 5) is 4.12. The molecule has 0 saturated heterocycles. The van der Waals surface area contributed by atoms with Gasteiger partial charge in [0.2, 0.25) is 5.16 Å². The Kier molecular flexibility index (Phi) is 3.96. The van der Waals surface area contributed by atoms with Crippen LogP contribution in [-0.4, -0.2) is 25.2 Å². The number of pyridine rings is 1. The van der Waals surface area contributed by atoms with Crippen molar-refractivity contribution in [2.24, 2.45) is 0 Å². The lowest BCUT2D eigenvalue weighted by atomic mass is 10.1. The SMILES string of the molecule is Cc1cccc(C)c1-n1nnnc1SCc1cccnc1. The van der Waals surface area contributed by atoms with Crippen LogP contribution in [0.3, 0.4) is 0 Å². The van der Waals surface area contributed by atoms with Gasteiger partial charge >= 0.3 is 0 Å². The van der Waals surface area contributed by atoms with Crippen molar-refractivity contribution in [1.29, 1.82) is 0 Å². The van der Waals surface area contributed by atoms with Crippen LogP contribution in [0.5, 0.6) is 0 Å².